The lowest BCUT2D eigenvalue weighted by Gasteiger charge is -2.37. The highest BCUT2D eigenvalue weighted by atomic mass is 35.5. The first-order valence-corrected chi connectivity index (χ1v) is 10.6. The fraction of sp³-hybridized carbons (Fsp3) is 0.304. The highest BCUT2D eigenvalue weighted by molar-refractivity contribution is 6.29. The SMILES string of the molecule is COc1cc(/C=C2\O[C@@H](C)CN([C@@H](C)c3ccc(Cl)nc3)C2=O)ccc1-n1cnc(C)n1. The molecular formula is C23H24ClN5O3. The van der Waals surface area contributed by atoms with Crippen molar-refractivity contribution in [2.45, 2.75) is 32.9 Å². The third-order valence-electron chi connectivity index (χ3n) is 5.31. The number of carbonyl (C=O) groups is 1. The smallest absolute Gasteiger partial charge is 0.289 e. The molecule has 166 valence electrons. The second-order valence-corrected chi connectivity index (χ2v) is 8.04. The molecule has 8 nitrogen and oxygen atoms in total. The number of amides is 1. The summed E-state index contributed by atoms with van der Waals surface area (Å²) in [5.41, 5.74) is 2.44. The number of methoxy groups -OCH3 is 1. The maximum Gasteiger partial charge on any atom is 0.289 e. The molecule has 1 aliphatic rings. The molecule has 0 unspecified atom stereocenters. The van der Waals surface area contributed by atoms with E-state index in [4.69, 9.17) is 21.1 Å². The Morgan fingerprint density at radius 1 is 1.28 bits per heavy atom. The van der Waals surface area contributed by atoms with Crippen LogP contribution in [0.2, 0.25) is 5.15 Å². The van der Waals surface area contributed by atoms with Crippen molar-refractivity contribution in [2.24, 2.45) is 0 Å². The Kier molecular flexibility index (Phi) is 6.14. The third-order valence-corrected chi connectivity index (χ3v) is 5.53. The van der Waals surface area contributed by atoms with Gasteiger partial charge in [0.05, 0.1) is 19.7 Å². The molecule has 0 spiro atoms. The molecule has 32 heavy (non-hydrogen) atoms. The molecule has 1 aromatic carbocycles. The fourth-order valence-corrected chi connectivity index (χ4v) is 3.75. The average Bonchev–Trinajstić information content (AvgIpc) is 3.22. The molecule has 2 atom stereocenters. The van der Waals surface area contributed by atoms with Gasteiger partial charge >= 0.3 is 0 Å². The van der Waals surface area contributed by atoms with Crippen LogP contribution in [0.15, 0.2) is 48.6 Å². The lowest BCUT2D eigenvalue weighted by atomic mass is 10.1. The van der Waals surface area contributed by atoms with Crippen molar-refractivity contribution in [2.75, 3.05) is 13.7 Å². The lowest BCUT2D eigenvalue weighted by molar-refractivity contribution is -0.141. The van der Waals surface area contributed by atoms with Gasteiger partial charge in [-0.25, -0.2) is 14.6 Å². The van der Waals surface area contributed by atoms with Gasteiger partial charge in [0.25, 0.3) is 5.91 Å². The quantitative estimate of drug-likeness (QED) is 0.429. The van der Waals surface area contributed by atoms with Crippen molar-refractivity contribution in [3.05, 3.63) is 70.7 Å². The van der Waals surface area contributed by atoms with Crippen molar-refractivity contribution in [1.82, 2.24) is 24.6 Å². The summed E-state index contributed by atoms with van der Waals surface area (Å²) < 4.78 is 13.1. The van der Waals surface area contributed by atoms with E-state index in [2.05, 4.69) is 15.1 Å². The lowest BCUT2D eigenvalue weighted by Crippen LogP contribution is -2.45. The second kappa shape index (κ2) is 9.00. The van der Waals surface area contributed by atoms with Crippen molar-refractivity contribution in [1.29, 1.82) is 0 Å². The molecule has 1 aliphatic heterocycles. The highest BCUT2D eigenvalue weighted by Gasteiger charge is 2.33. The number of morpholine rings is 1. The van der Waals surface area contributed by atoms with Crippen LogP contribution < -0.4 is 4.74 Å². The Bertz CT molecular complexity index is 1160. The number of aryl methyl sites for hydroxylation is 1. The van der Waals surface area contributed by atoms with Crippen molar-refractivity contribution >= 4 is 23.6 Å². The number of nitrogens with zero attached hydrogens (tertiary/aromatic N) is 5. The van der Waals surface area contributed by atoms with Crippen LogP contribution in [0, 0.1) is 6.92 Å². The van der Waals surface area contributed by atoms with Gasteiger partial charge in [0.1, 0.15) is 34.8 Å². The molecular weight excluding hydrogens is 430 g/mol. The largest absolute Gasteiger partial charge is 0.494 e. The molecule has 3 heterocycles. The minimum Gasteiger partial charge on any atom is -0.494 e. The van der Waals surface area contributed by atoms with Crippen LogP contribution in [0.25, 0.3) is 11.8 Å². The standard InChI is InChI=1S/C23H24ClN5O3/c1-14-12-28(15(2)18-6-8-22(24)25-11-18)23(30)21(32-14)10-17-5-7-19(20(9-17)31-4)29-13-26-16(3)27-29/h5-11,13-15H,12H2,1-4H3/b21-10-/t14-,15-/m0/s1. The van der Waals surface area contributed by atoms with Gasteiger partial charge in [0, 0.05) is 6.20 Å². The third kappa shape index (κ3) is 4.45. The monoisotopic (exact) mass is 453 g/mol. The van der Waals surface area contributed by atoms with Crippen LogP contribution in [-0.4, -0.2) is 50.3 Å². The second-order valence-electron chi connectivity index (χ2n) is 7.65. The number of hydrogen-bond donors (Lipinski definition) is 0. The van der Waals surface area contributed by atoms with E-state index >= 15 is 0 Å². The molecule has 0 saturated carbocycles. The van der Waals surface area contributed by atoms with E-state index in [0.29, 0.717) is 23.3 Å². The summed E-state index contributed by atoms with van der Waals surface area (Å²) in [4.78, 5) is 23.3. The molecule has 4 rings (SSSR count). The fourth-order valence-electron chi connectivity index (χ4n) is 3.64. The zero-order valence-electron chi connectivity index (χ0n) is 18.3. The molecule has 1 fully saturated rings. The van der Waals surface area contributed by atoms with Crippen LogP contribution in [0.5, 0.6) is 5.75 Å². The van der Waals surface area contributed by atoms with Crippen molar-refractivity contribution in [3.8, 4) is 11.4 Å². The number of aromatic nitrogens is 4. The normalized spacial score (nSPS) is 18.5. The Balaban J connectivity index is 1.62. The van der Waals surface area contributed by atoms with E-state index in [-0.39, 0.29) is 23.8 Å². The van der Waals surface area contributed by atoms with E-state index in [1.807, 2.05) is 45.0 Å². The van der Waals surface area contributed by atoms with Crippen molar-refractivity contribution < 1.29 is 14.3 Å². The number of rotatable bonds is 5. The summed E-state index contributed by atoms with van der Waals surface area (Å²) >= 11 is 5.90. The van der Waals surface area contributed by atoms with E-state index in [9.17, 15) is 4.79 Å². The van der Waals surface area contributed by atoms with E-state index in [0.717, 1.165) is 16.8 Å². The molecule has 1 amide bonds. The van der Waals surface area contributed by atoms with Crippen LogP contribution in [0.3, 0.4) is 0 Å². The van der Waals surface area contributed by atoms with Gasteiger partial charge in [0.15, 0.2) is 5.76 Å². The summed E-state index contributed by atoms with van der Waals surface area (Å²) in [6.45, 7) is 6.21. The zero-order valence-corrected chi connectivity index (χ0v) is 19.1. The minimum absolute atomic E-state index is 0.152. The van der Waals surface area contributed by atoms with Gasteiger partial charge in [-0.2, -0.15) is 5.10 Å². The Labute approximate surface area is 191 Å². The predicted octanol–water partition coefficient (Wildman–Crippen LogP) is 3.98. The summed E-state index contributed by atoms with van der Waals surface area (Å²) in [7, 11) is 1.59. The van der Waals surface area contributed by atoms with Gasteiger partial charge < -0.3 is 14.4 Å². The van der Waals surface area contributed by atoms with Gasteiger partial charge in [-0.3, -0.25) is 4.79 Å². The molecule has 0 radical (unpaired) electrons. The number of halogens is 1. The molecule has 0 bridgehead atoms. The molecule has 2 aromatic heterocycles. The van der Waals surface area contributed by atoms with Crippen LogP contribution in [-0.2, 0) is 9.53 Å². The first-order valence-electron chi connectivity index (χ1n) is 10.2. The Morgan fingerprint density at radius 3 is 2.75 bits per heavy atom. The van der Waals surface area contributed by atoms with E-state index in [1.165, 1.54) is 0 Å². The summed E-state index contributed by atoms with van der Waals surface area (Å²) in [5, 5.41) is 4.75. The first-order chi connectivity index (χ1) is 15.4. The van der Waals surface area contributed by atoms with E-state index < -0.39 is 0 Å². The number of ether oxygens (including phenoxy) is 2. The maximum atomic E-state index is 13.2. The predicted molar refractivity (Wildman–Crippen MR) is 121 cm³/mol. The summed E-state index contributed by atoms with van der Waals surface area (Å²) in [5.74, 6) is 1.38. The van der Waals surface area contributed by atoms with Gasteiger partial charge in [0.2, 0.25) is 0 Å². The topological polar surface area (TPSA) is 82.4 Å². The van der Waals surface area contributed by atoms with E-state index in [1.54, 1.807) is 41.4 Å². The van der Waals surface area contributed by atoms with Crippen molar-refractivity contribution in [3.63, 3.8) is 0 Å². The minimum atomic E-state index is -0.180. The van der Waals surface area contributed by atoms with Gasteiger partial charge in [-0.05, 0) is 56.2 Å². The number of carbonyl (C=O) groups excluding carboxylic acids is 1. The Morgan fingerprint density at radius 2 is 2.09 bits per heavy atom. The van der Waals surface area contributed by atoms with Crippen LogP contribution in [0.4, 0.5) is 0 Å². The number of hydrogen-bond acceptors (Lipinski definition) is 6. The summed E-state index contributed by atoms with van der Waals surface area (Å²) in [6, 6.07) is 9.03. The first kappa shape index (κ1) is 21.8. The highest BCUT2D eigenvalue weighted by Crippen LogP contribution is 2.30. The molecule has 3 aromatic rings. The number of benzene rings is 1. The zero-order chi connectivity index (χ0) is 22.8. The molecule has 0 aliphatic carbocycles. The maximum absolute atomic E-state index is 13.2. The van der Waals surface area contributed by atoms with Crippen LogP contribution in [0.1, 0.15) is 36.8 Å². The molecule has 0 N–H and O–H groups in total. The number of pyridine rings is 1. The average molecular weight is 454 g/mol. The van der Waals surface area contributed by atoms with Gasteiger partial charge in [-0.1, -0.05) is 23.7 Å². The Hall–Kier alpha value is -3.39. The molecule has 1 saturated heterocycles. The summed E-state index contributed by atoms with van der Waals surface area (Å²) in [6.07, 6.45) is 4.91. The van der Waals surface area contributed by atoms with Gasteiger partial charge in [-0.15, -0.1) is 0 Å². The van der Waals surface area contributed by atoms with Crippen LogP contribution >= 0.6 is 11.6 Å². The molecule has 9 heteroatoms.